The smallest absolute Gasteiger partial charge is 0.266 e. The summed E-state index contributed by atoms with van der Waals surface area (Å²) in [6.45, 7) is 7.46. The third-order valence-corrected chi connectivity index (χ3v) is 8.64. The third-order valence-electron chi connectivity index (χ3n) is 5.29. The van der Waals surface area contributed by atoms with Gasteiger partial charge in [-0.1, -0.05) is 23.4 Å². The molecular weight excluding hydrogens is 492 g/mol. The Bertz CT molecular complexity index is 1360. The number of aromatic nitrogens is 1. The van der Waals surface area contributed by atoms with Gasteiger partial charge in [0.25, 0.3) is 5.91 Å². The average Bonchev–Trinajstić information content (AvgIpc) is 3.43. The van der Waals surface area contributed by atoms with Crippen LogP contribution in [0.1, 0.15) is 18.9 Å². The lowest BCUT2D eigenvalue weighted by Gasteiger charge is -2.17. The Morgan fingerprint density at radius 1 is 1.06 bits per heavy atom. The number of allylic oxidation sites excluding steroid dienone is 2. The second-order valence-corrected chi connectivity index (χ2v) is 11.2. The molecule has 1 fully saturated rings. The number of hydrogen-bond donors (Lipinski definition) is 0. The van der Waals surface area contributed by atoms with E-state index in [9.17, 15) is 4.79 Å². The molecule has 0 aliphatic carbocycles. The molecule has 0 saturated carbocycles. The van der Waals surface area contributed by atoms with E-state index < -0.39 is 0 Å². The van der Waals surface area contributed by atoms with E-state index in [-0.39, 0.29) is 5.91 Å². The van der Waals surface area contributed by atoms with Crippen molar-refractivity contribution in [2.45, 2.75) is 25.7 Å². The number of benzene rings is 2. The number of anilines is 1. The highest BCUT2D eigenvalue weighted by molar-refractivity contribution is 8.18. The molecule has 2 aliphatic rings. The summed E-state index contributed by atoms with van der Waals surface area (Å²) in [4.78, 5) is 28.2. The number of aryl methyl sites for hydroxylation is 1. The molecule has 1 aromatic heterocycles. The van der Waals surface area contributed by atoms with Crippen molar-refractivity contribution in [3.63, 3.8) is 0 Å². The van der Waals surface area contributed by atoms with Gasteiger partial charge >= 0.3 is 0 Å². The van der Waals surface area contributed by atoms with E-state index in [0.717, 1.165) is 43.2 Å². The van der Waals surface area contributed by atoms with Crippen molar-refractivity contribution < 1.29 is 4.79 Å². The first-order valence-electron chi connectivity index (χ1n) is 10.6. The Morgan fingerprint density at radius 2 is 1.88 bits per heavy atom. The number of carbonyl (C=O) groups excluding carboxylic acids is 1. The first kappa shape index (κ1) is 22.5. The average molecular weight is 513 g/mol. The van der Waals surface area contributed by atoms with Gasteiger partial charge in [-0.15, -0.1) is 11.3 Å². The van der Waals surface area contributed by atoms with E-state index in [0.29, 0.717) is 16.6 Å². The highest BCUT2D eigenvalue weighted by Gasteiger charge is 2.32. The molecule has 5 rings (SSSR count). The predicted molar refractivity (Wildman–Crippen MR) is 143 cm³/mol. The molecule has 5 nitrogen and oxygen atoms in total. The van der Waals surface area contributed by atoms with Crippen molar-refractivity contribution >= 4 is 79.1 Å². The number of likely N-dealkylation sites (N-methyl/N-ethyl adjacent to an activating group) is 1. The maximum atomic E-state index is 13.0. The fraction of sp³-hybridized carbons (Fsp3) is 0.208. The quantitative estimate of drug-likeness (QED) is 0.346. The van der Waals surface area contributed by atoms with Crippen LogP contribution in [-0.4, -0.2) is 34.0 Å². The molecule has 3 aromatic rings. The molecule has 0 radical (unpaired) electrons. The molecule has 0 bridgehead atoms. The van der Waals surface area contributed by atoms with Crippen LogP contribution in [0.4, 0.5) is 11.4 Å². The molecule has 1 amide bonds. The molecule has 168 valence electrons. The summed E-state index contributed by atoms with van der Waals surface area (Å²) in [7, 11) is 0. The number of thioether (sulfide) groups is 2. The largest absolute Gasteiger partial charge is 0.335 e. The van der Waals surface area contributed by atoms with Crippen molar-refractivity contribution in [3.8, 4) is 0 Å². The number of rotatable bonds is 4. The normalized spacial score (nSPS) is 19.6. The molecule has 0 N–H and O–H groups in total. The SMILES string of the molecule is CCN1C(=O)/C(=C\C=C2/Sc3ccc(Cl)cc3N2CC)SC1=Nc1ccc2sc(C)nc2c1. The van der Waals surface area contributed by atoms with Crippen LogP contribution >= 0.6 is 46.5 Å². The Kier molecular flexibility index (Phi) is 6.26. The standard InChI is InChI=1S/C24H21ClN4OS3/c1-4-28-18-12-15(25)6-8-20(18)32-22(28)11-10-21-23(30)29(5-2)24(33-21)27-16-7-9-19-17(13-16)26-14(3)31-19/h6-13H,4-5H2,1-3H3/b21-10+,22-11-,27-24?. The molecule has 33 heavy (non-hydrogen) atoms. The van der Waals surface area contributed by atoms with E-state index >= 15 is 0 Å². The van der Waals surface area contributed by atoms with Gasteiger partial charge in [-0.05, 0) is 81.1 Å². The summed E-state index contributed by atoms with van der Waals surface area (Å²) in [5, 5.41) is 3.52. The van der Waals surface area contributed by atoms with Gasteiger partial charge in [-0.2, -0.15) is 0 Å². The molecule has 3 heterocycles. The van der Waals surface area contributed by atoms with Crippen molar-refractivity contribution in [1.82, 2.24) is 9.88 Å². The number of carbonyl (C=O) groups is 1. The highest BCUT2D eigenvalue weighted by atomic mass is 35.5. The number of hydrogen-bond acceptors (Lipinski definition) is 7. The number of fused-ring (bicyclic) bond motifs is 2. The minimum atomic E-state index is -0.0183. The van der Waals surface area contributed by atoms with E-state index in [4.69, 9.17) is 16.6 Å². The molecule has 2 aromatic carbocycles. The lowest BCUT2D eigenvalue weighted by atomic mass is 10.3. The zero-order valence-electron chi connectivity index (χ0n) is 18.3. The Hall–Kier alpha value is -2.26. The molecule has 0 atom stereocenters. The zero-order valence-corrected chi connectivity index (χ0v) is 21.5. The van der Waals surface area contributed by atoms with Crippen LogP contribution in [0.3, 0.4) is 0 Å². The van der Waals surface area contributed by atoms with Crippen molar-refractivity contribution in [1.29, 1.82) is 0 Å². The van der Waals surface area contributed by atoms with Crippen LogP contribution in [0.5, 0.6) is 0 Å². The number of amidine groups is 1. The molecule has 9 heteroatoms. The predicted octanol–water partition coefficient (Wildman–Crippen LogP) is 7.20. The van der Waals surface area contributed by atoms with Crippen LogP contribution in [0.2, 0.25) is 5.02 Å². The monoisotopic (exact) mass is 512 g/mol. The van der Waals surface area contributed by atoms with E-state index in [1.165, 1.54) is 16.7 Å². The lowest BCUT2D eigenvalue weighted by Crippen LogP contribution is -2.28. The van der Waals surface area contributed by atoms with Gasteiger partial charge in [0.2, 0.25) is 0 Å². The van der Waals surface area contributed by atoms with Gasteiger partial charge < -0.3 is 4.90 Å². The number of nitrogens with zero attached hydrogens (tertiary/aromatic N) is 4. The summed E-state index contributed by atoms with van der Waals surface area (Å²) in [5.74, 6) is -0.0183. The first-order chi connectivity index (χ1) is 16.0. The molecular formula is C24H21ClN4OS3. The van der Waals surface area contributed by atoms with Crippen molar-refractivity contribution in [2.75, 3.05) is 18.0 Å². The van der Waals surface area contributed by atoms with Gasteiger partial charge in [0.05, 0.1) is 36.5 Å². The molecule has 1 saturated heterocycles. The Labute approximate surface area is 210 Å². The minimum absolute atomic E-state index is 0.0183. The van der Waals surface area contributed by atoms with Gasteiger partial charge in [-0.3, -0.25) is 9.69 Å². The van der Waals surface area contributed by atoms with Gasteiger partial charge in [0.1, 0.15) is 0 Å². The summed E-state index contributed by atoms with van der Waals surface area (Å²) in [6.07, 6.45) is 3.92. The maximum Gasteiger partial charge on any atom is 0.266 e. The zero-order chi connectivity index (χ0) is 23.1. The second kappa shape index (κ2) is 9.18. The molecule has 0 unspecified atom stereocenters. The number of thiazole rings is 1. The fourth-order valence-corrected chi connectivity index (χ4v) is 6.85. The number of amides is 1. The van der Waals surface area contributed by atoms with Crippen LogP contribution < -0.4 is 4.90 Å². The van der Waals surface area contributed by atoms with Gasteiger partial charge in [0, 0.05) is 23.0 Å². The third kappa shape index (κ3) is 4.33. The molecule has 0 spiro atoms. The Morgan fingerprint density at radius 3 is 2.67 bits per heavy atom. The van der Waals surface area contributed by atoms with Gasteiger partial charge in [0.15, 0.2) is 5.17 Å². The molecule has 2 aliphatic heterocycles. The summed E-state index contributed by atoms with van der Waals surface area (Å²) in [6, 6.07) is 11.9. The van der Waals surface area contributed by atoms with Crippen molar-refractivity contribution in [2.24, 2.45) is 4.99 Å². The van der Waals surface area contributed by atoms with Crippen LogP contribution in [0, 0.1) is 6.92 Å². The topological polar surface area (TPSA) is 48.8 Å². The van der Waals surface area contributed by atoms with E-state index in [2.05, 4.69) is 16.8 Å². The first-order valence-corrected chi connectivity index (χ1v) is 13.4. The maximum absolute atomic E-state index is 13.0. The second-order valence-electron chi connectivity index (χ2n) is 7.42. The van der Waals surface area contributed by atoms with Crippen LogP contribution in [-0.2, 0) is 4.79 Å². The Balaban J connectivity index is 1.43. The number of aliphatic imine (C=N–C) groups is 1. The summed E-state index contributed by atoms with van der Waals surface area (Å²) in [5.41, 5.74) is 2.85. The highest BCUT2D eigenvalue weighted by Crippen LogP contribution is 2.47. The van der Waals surface area contributed by atoms with Crippen molar-refractivity contribution in [3.05, 3.63) is 68.5 Å². The summed E-state index contributed by atoms with van der Waals surface area (Å²) >= 11 is 11.0. The van der Waals surface area contributed by atoms with E-state index in [1.54, 1.807) is 28.0 Å². The fourth-order valence-electron chi connectivity index (χ4n) is 3.77. The summed E-state index contributed by atoms with van der Waals surface area (Å²) < 4.78 is 1.14. The lowest BCUT2D eigenvalue weighted by molar-refractivity contribution is -0.122. The number of halogens is 1. The minimum Gasteiger partial charge on any atom is -0.335 e. The van der Waals surface area contributed by atoms with E-state index in [1.807, 2.05) is 62.4 Å². The van der Waals surface area contributed by atoms with Crippen LogP contribution in [0.15, 0.2) is 68.4 Å². The van der Waals surface area contributed by atoms with Gasteiger partial charge in [-0.25, -0.2) is 9.98 Å². The van der Waals surface area contributed by atoms with Crippen LogP contribution in [0.25, 0.3) is 10.2 Å².